The zero-order valence-electron chi connectivity index (χ0n) is 8.52. The van der Waals surface area contributed by atoms with E-state index in [4.69, 9.17) is 16.9 Å². The Labute approximate surface area is 107 Å². The minimum atomic E-state index is -0.522. The van der Waals surface area contributed by atoms with Crippen LogP contribution in [0, 0.1) is 17.1 Å². The summed E-state index contributed by atoms with van der Waals surface area (Å²) < 4.78 is 13.3. The third-order valence-electron chi connectivity index (χ3n) is 2.00. The van der Waals surface area contributed by atoms with E-state index >= 15 is 0 Å². The molecule has 0 radical (unpaired) electrons. The van der Waals surface area contributed by atoms with Crippen LogP contribution in [0.1, 0.15) is 5.56 Å². The molecule has 0 aliphatic heterocycles. The van der Waals surface area contributed by atoms with Gasteiger partial charge in [0.2, 0.25) is 0 Å². The molecule has 1 heterocycles. The highest BCUT2D eigenvalue weighted by molar-refractivity contribution is 7.99. The summed E-state index contributed by atoms with van der Waals surface area (Å²) in [5, 5.41) is 10.1. The van der Waals surface area contributed by atoms with E-state index in [1.54, 1.807) is 24.3 Å². The number of benzene rings is 1. The number of aromatic nitrogens is 1. The summed E-state index contributed by atoms with van der Waals surface area (Å²) in [6.45, 7) is 0. The lowest BCUT2D eigenvalue weighted by Gasteiger charge is -2.03. The second-order valence-corrected chi connectivity index (χ2v) is 4.64. The molecule has 1 aromatic heterocycles. The monoisotopic (exact) mass is 264 g/mol. The van der Waals surface area contributed by atoms with E-state index in [0.717, 1.165) is 0 Å². The van der Waals surface area contributed by atoms with Crippen molar-refractivity contribution in [3.8, 4) is 6.07 Å². The predicted molar refractivity (Wildman–Crippen MR) is 64.5 cm³/mol. The fourth-order valence-electron chi connectivity index (χ4n) is 1.23. The van der Waals surface area contributed by atoms with Gasteiger partial charge in [-0.25, -0.2) is 9.37 Å². The third kappa shape index (κ3) is 2.76. The van der Waals surface area contributed by atoms with Crippen LogP contribution in [0.2, 0.25) is 5.02 Å². The van der Waals surface area contributed by atoms with Gasteiger partial charge in [-0.15, -0.1) is 0 Å². The SMILES string of the molecule is N#Cc1c(F)cccc1Sc1ccc(Cl)cn1. The average Bonchev–Trinajstić information content (AvgIpc) is 2.32. The van der Waals surface area contributed by atoms with Crippen molar-refractivity contribution in [1.82, 2.24) is 4.98 Å². The normalized spacial score (nSPS) is 9.94. The van der Waals surface area contributed by atoms with Gasteiger partial charge < -0.3 is 0 Å². The van der Waals surface area contributed by atoms with Gasteiger partial charge in [-0.05, 0) is 24.3 Å². The highest BCUT2D eigenvalue weighted by Gasteiger charge is 2.09. The fraction of sp³-hybridized carbons (Fsp3) is 0. The van der Waals surface area contributed by atoms with Gasteiger partial charge in [-0.1, -0.05) is 29.4 Å². The van der Waals surface area contributed by atoms with Crippen LogP contribution in [0.3, 0.4) is 0 Å². The van der Waals surface area contributed by atoms with Crippen molar-refractivity contribution in [2.45, 2.75) is 9.92 Å². The summed E-state index contributed by atoms with van der Waals surface area (Å²) in [4.78, 5) is 4.62. The van der Waals surface area contributed by atoms with E-state index in [1.165, 1.54) is 24.0 Å². The van der Waals surface area contributed by atoms with Gasteiger partial charge in [0.15, 0.2) is 0 Å². The molecular weight excluding hydrogens is 259 g/mol. The molecule has 84 valence electrons. The molecule has 2 nitrogen and oxygen atoms in total. The summed E-state index contributed by atoms with van der Waals surface area (Å²) in [6.07, 6.45) is 1.51. The van der Waals surface area contributed by atoms with E-state index in [-0.39, 0.29) is 5.56 Å². The van der Waals surface area contributed by atoms with E-state index < -0.39 is 5.82 Å². The summed E-state index contributed by atoms with van der Waals surface area (Å²) >= 11 is 6.94. The molecule has 5 heteroatoms. The number of hydrogen-bond acceptors (Lipinski definition) is 3. The van der Waals surface area contributed by atoms with Crippen molar-refractivity contribution in [2.24, 2.45) is 0 Å². The Kier molecular flexibility index (Phi) is 3.62. The van der Waals surface area contributed by atoms with Crippen molar-refractivity contribution in [1.29, 1.82) is 5.26 Å². The first kappa shape index (κ1) is 11.9. The van der Waals surface area contributed by atoms with Gasteiger partial charge >= 0.3 is 0 Å². The van der Waals surface area contributed by atoms with E-state index in [1.807, 2.05) is 6.07 Å². The van der Waals surface area contributed by atoms with Gasteiger partial charge in [0, 0.05) is 11.1 Å². The van der Waals surface area contributed by atoms with E-state index in [0.29, 0.717) is 14.9 Å². The summed E-state index contributed by atoms with van der Waals surface area (Å²) in [6, 6.07) is 9.77. The minimum absolute atomic E-state index is 0.0363. The maximum atomic E-state index is 13.3. The smallest absolute Gasteiger partial charge is 0.142 e. The van der Waals surface area contributed by atoms with Gasteiger partial charge in [0.1, 0.15) is 22.5 Å². The van der Waals surface area contributed by atoms with Crippen LogP contribution in [-0.2, 0) is 0 Å². The Hall–Kier alpha value is -1.57. The Morgan fingerprint density at radius 3 is 2.76 bits per heavy atom. The maximum Gasteiger partial charge on any atom is 0.142 e. The first-order chi connectivity index (χ1) is 8.20. The van der Waals surface area contributed by atoms with Crippen molar-refractivity contribution < 1.29 is 4.39 Å². The van der Waals surface area contributed by atoms with Crippen LogP contribution < -0.4 is 0 Å². The van der Waals surface area contributed by atoms with Crippen LogP contribution in [0.4, 0.5) is 4.39 Å². The molecule has 17 heavy (non-hydrogen) atoms. The molecule has 0 fully saturated rings. The van der Waals surface area contributed by atoms with Gasteiger partial charge in [0.05, 0.1) is 5.02 Å². The van der Waals surface area contributed by atoms with Crippen molar-refractivity contribution >= 4 is 23.4 Å². The molecule has 0 N–H and O–H groups in total. The van der Waals surface area contributed by atoms with Crippen LogP contribution in [0.15, 0.2) is 46.5 Å². The lowest BCUT2D eigenvalue weighted by Crippen LogP contribution is -1.87. The Morgan fingerprint density at radius 2 is 2.12 bits per heavy atom. The molecule has 0 aliphatic carbocycles. The van der Waals surface area contributed by atoms with Crippen LogP contribution in [0.25, 0.3) is 0 Å². The van der Waals surface area contributed by atoms with Crippen molar-refractivity contribution in [3.63, 3.8) is 0 Å². The van der Waals surface area contributed by atoms with E-state index in [9.17, 15) is 4.39 Å². The molecule has 0 atom stereocenters. The lowest BCUT2D eigenvalue weighted by molar-refractivity contribution is 0.620. The zero-order chi connectivity index (χ0) is 12.3. The molecule has 0 aliphatic rings. The number of rotatable bonds is 2. The third-order valence-corrected chi connectivity index (χ3v) is 3.24. The predicted octanol–water partition coefficient (Wildman–Crippen LogP) is 3.90. The number of nitrogens with zero attached hydrogens (tertiary/aromatic N) is 2. The highest BCUT2D eigenvalue weighted by Crippen LogP contribution is 2.30. The molecule has 0 unspecified atom stereocenters. The number of hydrogen-bond donors (Lipinski definition) is 0. The molecule has 0 spiro atoms. The molecule has 2 aromatic rings. The quantitative estimate of drug-likeness (QED) is 0.825. The largest absolute Gasteiger partial charge is 0.248 e. The van der Waals surface area contributed by atoms with Crippen LogP contribution in [-0.4, -0.2) is 4.98 Å². The molecule has 1 aromatic carbocycles. The highest BCUT2D eigenvalue weighted by atomic mass is 35.5. The zero-order valence-corrected chi connectivity index (χ0v) is 10.1. The molecule has 0 amide bonds. The summed E-state index contributed by atoms with van der Waals surface area (Å²) in [7, 11) is 0. The Balaban J connectivity index is 2.34. The topological polar surface area (TPSA) is 36.7 Å². The first-order valence-electron chi connectivity index (χ1n) is 4.69. The summed E-state index contributed by atoms with van der Waals surface area (Å²) in [5.41, 5.74) is 0.0363. The number of halogens is 2. The molecular formula is C12H6ClFN2S. The average molecular weight is 265 g/mol. The standard InChI is InChI=1S/C12H6ClFN2S/c13-8-4-5-12(16-7-8)17-11-3-1-2-10(14)9(11)6-15/h1-5,7H. The second-order valence-electron chi connectivity index (χ2n) is 3.14. The number of nitriles is 1. The second kappa shape index (κ2) is 5.17. The Bertz CT molecular complexity index is 578. The lowest BCUT2D eigenvalue weighted by atomic mass is 10.2. The number of pyridine rings is 1. The van der Waals surface area contributed by atoms with Gasteiger partial charge in [-0.3, -0.25) is 0 Å². The van der Waals surface area contributed by atoms with Gasteiger partial charge in [-0.2, -0.15) is 5.26 Å². The molecule has 2 rings (SSSR count). The Morgan fingerprint density at radius 1 is 1.29 bits per heavy atom. The maximum absolute atomic E-state index is 13.3. The van der Waals surface area contributed by atoms with Crippen molar-refractivity contribution in [2.75, 3.05) is 0 Å². The van der Waals surface area contributed by atoms with Crippen LogP contribution >= 0.6 is 23.4 Å². The molecule has 0 bridgehead atoms. The van der Waals surface area contributed by atoms with Crippen LogP contribution in [0.5, 0.6) is 0 Å². The van der Waals surface area contributed by atoms with E-state index in [2.05, 4.69) is 4.98 Å². The summed E-state index contributed by atoms with van der Waals surface area (Å²) in [5.74, 6) is -0.522. The first-order valence-corrected chi connectivity index (χ1v) is 5.88. The molecule has 0 saturated heterocycles. The van der Waals surface area contributed by atoms with Crippen molar-refractivity contribution in [3.05, 3.63) is 52.9 Å². The molecule has 0 saturated carbocycles. The fourth-order valence-corrected chi connectivity index (χ4v) is 2.20. The minimum Gasteiger partial charge on any atom is -0.248 e. The van der Waals surface area contributed by atoms with Gasteiger partial charge in [0.25, 0.3) is 0 Å².